The van der Waals surface area contributed by atoms with Crippen LogP contribution in [0.1, 0.15) is 46.8 Å². The van der Waals surface area contributed by atoms with E-state index in [1.165, 1.54) is 0 Å². The number of alkyl halides is 3. The number of aliphatic hydroxyl groups is 3. The van der Waals surface area contributed by atoms with E-state index in [1.807, 2.05) is 13.1 Å². The Labute approximate surface area is 181 Å². The van der Waals surface area contributed by atoms with Gasteiger partial charge in [-0.15, -0.1) is 11.3 Å². The summed E-state index contributed by atoms with van der Waals surface area (Å²) in [4.78, 5) is 2.02. The largest absolute Gasteiger partial charge is 0.425 e. The topological polar surface area (TPSA) is 91.0 Å². The first-order valence-corrected chi connectivity index (χ1v) is 11.0. The highest BCUT2D eigenvalue weighted by Crippen LogP contribution is 2.51. The van der Waals surface area contributed by atoms with Gasteiger partial charge in [0, 0.05) is 41.3 Å². The van der Waals surface area contributed by atoms with E-state index in [4.69, 9.17) is 9.84 Å². The molecule has 0 aromatic carbocycles. The van der Waals surface area contributed by atoms with Gasteiger partial charge >= 0.3 is 6.18 Å². The maximum absolute atomic E-state index is 13.3. The molecule has 4 rings (SSSR count). The summed E-state index contributed by atoms with van der Waals surface area (Å²) in [7, 11) is 0. The summed E-state index contributed by atoms with van der Waals surface area (Å²) < 4.78 is 47.4. The number of nitrogens with zero attached hydrogens (tertiary/aromatic N) is 3. The lowest BCUT2D eigenvalue weighted by molar-refractivity contribution is -0.139. The summed E-state index contributed by atoms with van der Waals surface area (Å²) in [6, 6.07) is 1.11. The molecule has 172 valence electrons. The maximum atomic E-state index is 13.3. The third-order valence-corrected chi connectivity index (χ3v) is 7.44. The molecule has 1 fully saturated rings. The number of aliphatic hydroxyl groups excluding tert-OH is 3. The number of ether oxygens (including phenoxy) is 1. The zero-order chi connectivity index (χ0) is 22.4. The predicted molar refractivity (Wildman–Crippen MR) is 106 cm³/mol. The number of likely N-dealkylation sites (tertiary alicyclic amines) is 1. The van der Waals surface area contributed by atoms with Crippen LogP contribution in [0.25, 0.3) is 0 Å². The van der Waals surface area contributed by atoms with Gasteiger partial charge in [0.15, 0.2) is 0 Å². The molecule has 1 spiro atoms. The zero-order valence-electron chi connectivity index (χ0n) is 17.0. The van der Waals surface area contributed by atoms with Crippen molar-refractivity contribution in [3.63, 3.8) is 0 Å². The lowest BCUT2D eigenvalue weighted by atomic mass is 9.81. The molecular formula is C20H26F3N3O4S. The third kappa shape index (κ3) is 4.53. The van der Waals surface area contributed by atoms with Gasteiger partial charge in [-0.25, -0.2) is 0 Å². The van der Waals surface area contributed by atoms with Gasteiger partial charge in [-0.1, -0.05) is 0 Å². The van der Waals surface area contributed by atoms with Gasteiger partial charge in [0.25, 0.3) is 0 Å². The number of hydrogen-bond donors (Lipinski definition) is 3. The molecule has 0 radical (unpaired) electrons. The molecule has 0 amide bonds. The van der Waals surface area contributed by atoms with Gasteiger partial charge in [-0.3, -0.25) is 9.58 Å². The first kappa shape index (κ1) is 22.7. The Morgan fingerprint density at radius 1 is 1.42 bits per heavy atom. The highest BCUT2D eigenvalue weighted by Gasteiger charge is 2.48. The normalized spacial score (nSPS) is 28.1. The van der Waals surface area contributed by atoms with E-state index in [0.29, 0.717) is 47.7 Å². The second kappa shape index (κ2) is 8.45. The predicted octanol–water partition coefficient (Wildman–Crippen LogP) is 2.26. The number of piperidine rings is 1. The fraction of sp³-hybridized carbons (Fsp3) is 0.650. The van der Waals surface area contributed by atoms with Crippen molar-refractivity contribution in [2.24, 2.45) is 0 Å². The van der Waals surface area contributed by atoms with Crippen LogP contribution in [0.4, 0.5) is 13.2 Å². The molecule has 1 saturated heterocycles. The molecule has 2 aliphatic heterocycles. The van der Waals surface area contributed by atoms with Gasteiger partial charge in [0.1, 0.15) is 16.6 Å². The van der Waals surface area contributed by atoms with Gasteiger partial charge in [-0.05, 0) is 25.8 Å². The summed E-state index contributed by atoms with van der Waals surface area (Å²) in [5.74, 6) is 0. The molecule has 4 atom stereocenters. The Bertz CT molecular complexity index is 918. The monoisotopic (exact) mass is 461 g/mol. The summed E-state index contributed by atoms with van der Waals surface area (Å²) in [5.41, 5.74) is 0.477. The average molecular weight is 462 g/mol. The van der Waals surface area contributed by atoms with Crippen molar-refractivity contribution in [2.75, 3.05) is 19.8 Å². The number of thiophene rings is 1. The number of rotatable bonds is 5. The van der Waals surface area contributed by atoms with E-state index < -0.39 is 28.9 Å². The third-order valence-electron chi connectivity index (χ3n) is 6.06. The quantitative estimate of drug-likeness (QED) is 0.633. The minimum atomic E-state index is -4.45. The molecule has 2 aromatic rings. The van der Waals surface area contributed by atoms with E-state index in [-0.39, 0.29) is 25.8 Å². The number of aromatic nitrogens is 2. The number of halogens is 3. The molecule has 7 nitrogen and oxygen atoms in total. The molecule has 31 heavy (non-hydrogen) atoms. The molecule has 4 heterocycles. The maximum Gasteiger partial charge on any atom is 0.425 e. The molecule has 0 bridgehead atoms. The van der Waals surface area contributed by atoms with Crippen LogP contribution in [0.5, 0.6) is 0 Å². The fourth-order valence-electron chi connectivity index (χ4n) is 4.46. The Morgan fingerprint density at radius 2 is 2.19 bits per heavy atom. The van der Waals surface area contributed by atoms with Crippen molar-refractivity contribution in [3.05, 3.63) is 39.3 Å². The fourth-order valence-corrected chi connectivity index (χ4v) is 5.73. The molecule has 0 unspecified atom stereocenters. The minimum Gasteiger partial charge on any atom is -0.394 e. The highest BCUT2D eigenvalue weighted by molar-refractivity contribution is 7.12. The second-order valence-electron chi connectivity index (χ2n) is 8.39. The Balaban J connectivity index is 1.48. The van der Waals surface area contributed by atoms with Crippen molar-refractivity contribution >= 4 is 11.3 Å². The summed E-state index contributed by atoms with van der Waals surface area (Å²) in [6.45, 7) is 3.12. The van der Waals surface area contributed by atoms with E-state index in [0.717, 1.165) is 11.6 Å². The van der Waals surface area contributed by atoms with Crippen molar-refractivity contribution in [3.8, 4) is 0 Å². The number of fused-ring (bicyclic) bond motifs is 2. The SMILES string of the molecule is C[C@H]1C[C@@]2(CCN1Cc1cnn(C[C@H](O)CO)c1)OC[C@@H](O)c1cc(C(F)(F)F)sc12. The van der Waals surface area contributed by atoms with Gasteiger partial charge in [-0.2, -0.15) is 18.3 Å². The minimum absolute atomic E-state index is 0.00625. The van der Waals surface area contributed by atoms with Crippen molar-refractivity contribution < 1.29 is 33.2 Å². The van der Waals surface area contributed by atoms with Crippen LogP contribution in [-0.4, -0.2) is 61.9 Å². The molecule has 0 saturated carbocycles. The standard InChI is InChI=1S/C20H26F3N3O4S/c1-12-5-19(18-15(16(29)11-30-19)4-17(31-18)20(21,22)23)2-3-25(12)7-13-6-24-26(8-13)9-14(28)10-27/h4,6,8,12,14,16,27-29H,2-3,5,7,9-11H2,1H3/t12-,14-,16+,19+/m0/s1. The molecule has 11 heteroatoms. The van der Waals surface area contributed by atoms with Crippen LogP contribution < -0.4 is 0 Å². The van der Waals surface area contributed by atoms with E-state index in [2.05, 4.69) is 10.00 Å². The van der Waals surface area contributed by atoms with Crippen LogP contribution in [0.15, 0.2) is 18.5 Å². The van der Waals surface area contributed by atoms with Crippen LogP contribution >= 0.6 is 11.3 Å². The first-order valence-electron chi connectivity index (χ1n) is 10.2. The van der Waals surface area contributed by atoms with Crippen LogP contribution in [-0.2, 0) is 29.6 Å². The lowest BCUT2D eigenvalue weighted by Gasteiger charge is -2.47. The van der Waals surface area contributed by atoms with Gasteiger partial charge in [0.05, 0.1) is 32.1 Å². The van der Waals surface area contributed by atoms with Crippen LogP contribution in [0.2, 0.25) is 0 Å². The van der Waals surface area contributed by atoms with Crippen LogP contribution in [0.3, 0.4) is 0 Å². The van der Waals surface area contributed by atoms with Crippen molar-refractivity contribution in [1.82, 2.24) is 14.7 Å². The summed E-state index contributed by atoms with van der Waals surface area (Å²) in [5, 5.41) is 32.9. The lowest BCUT2D eigenvalue weighted by Crippen LogP contribution is -2.50. The molecule has 3 N–H and O–H groups in total. The summed E-state index contributed by atoms with van der Waals surface area (Å²) in [6.07, 6.45) is -1.77. The Kier molecular flexibility index (Phi) is 6.18. The molecule has 2 aliphatic rings. The van der Waals surface area contributed by atoms with E-state index >= 15 is 0 Å². The van der Waals surface area contributed by atoms with Crippen molar-refractivity contribution in [2.45, 2.75) is 62.9 Å². The van der Waals surface area contributed by atoms with E-state index in [1.54, 1.807) is 10.9 Å². The van der Waals surface area contributed by atoms with Gasteiger partial charge in [0.2, 0.25) is 0 Å². The Morgan fingerprint density at radius 3 is 2.87 bits per heavy atom. The first-order chi connectivity index (χ1) is 14.6. The Hall–Kier alpha value is -1.50. The summed E-state index contributed by atoms with van der Waals surface area (Å²) >= 11 is 0.684. The molecule has 0 aliphatic carbocycles. The zero-order valence-corrected chi connectivity index (χ0v) is 17.9. The smallest absolute Gasteiger partial charge is 0.394 e. The van der Waals surface area contributed by atoms with Crippen LogP contribution in [0, 0.1) is 0 Å². The number of hydrogen-bond acceptors (Lipinski definition) is 7. The highest BCUT2D eigenvalue weighted by atomic mass is 32.1. The second-order valence-corrected chi connectivity index (χ2v) is 9.45. The van der Waals surface area contributed by atoms with E-state index in [9.17, 15) is 23.4 Å². The molecule has 2 aromatic heterocycles. The average Bonchev–Trinajstić information content (AvgIpc) is 3.35. The molecular weight excluding hydrogens is 435 g/mol. The van der Waals surface area contributed by atoms with Crippen molar-refractivity contribution in [1.29, 1.82) is 0 Å². The van der Waals surface area contributed by atoms with Gasteiger partial charge < -0.3 is 20.1 Å².